The highest BCUT2D eigenvalue weighted by Crippen LogP contribution is 2.24. The van der Waals surface area contributed by atoms with Crippen LogP contribution in [0.25, 0.3) is 0 Å². The van der Waals surface area contributed by atoms with Crippen molar-refractivity contribution >= 4 is 11.6 Å². The van der Waals surface area contributed by atoms with E-state index < -0.39 is 0 Å². The summed E-state index contributed by atoms with van der Waals surface area (Å²) in [6.07, 6.45) is 5.13. The highest BCUT2D eigenvalue weighted by Gasteiger charge is 2.21. The van der Waals surface area contributed by atoms with E-state index in [1.807, 2.05) is 37.2 Å². The lowest BCUT2D eigenvalue weighted by molar-refractivity contribution is -0.134. The van der Waals surface area contributed by atoms with Gasteiger partial charge in [-0.1, -0.05) is 68.7 Å². The van der Waals surface area contributed by atoms with Crippen molar-refractivity contribution in [3.8, 4) is 0 Å². The van der Waals surface area contributed by atoms with Crippen molar-refractivity contribution < 1.29 is 4.79 Å². The van der Waals surface area contributed by atoms with Crippen molar-refractivity contribution in [3.63, 3.8) is 0 Å². The highest BCUT2D eigenvalue weighted by molar-refractivity contribution is 5.76. The molecule has 2 aromatic carbocycles. The number of amides is 1. The van der Waals surface area contributed by atoms with Crippen LogP contribution in [0.1, 0.15) is 63.1 Å². The molecule has 2 rings (SSSR count). The average molecular weight is 367 g/mol. The molecule has 3 nitrogen and oxygen atoms in total. The lowest BCUT2D eigenvalue weighted by Gasteiger charge is -2.30. The second-order valence-electron chi connectivity index (χ2n) is 7.48. The monoisotopic (exact) mass is 366 g/mol. The van der Waals surface area contributed by atoms with Crippen molar-refractivity contribution in [2.24, 2.45) is 0 Å². The van der Waals surface area contributed by atoms with Gasteiger partial charge in [-0.25, -0.2) is 0 Å². The number of anilines is 1. The van der Waals surface area contributed by atoms with Gasteiger partial charge in [0.2, 0.25) is 5.91 Å². The molecule has 0 unspecified atom stereocenters. The summed E-state index contributed by atoms with van der Waals surface area (Å²) in [6.45, 7) is 4.98. The van der Waals surface area contributed by atoms with Crippen molar-refractivity contribution in [1.82, 2.24) is 4.90 Å². The number of carbonyl (C=O) groups is 1. The smallest absolute Gasteiger partial charge is 0.223 e. The molecule has 146 valence electrons. The maximum Gasteiger partial charge on any atom is 0.223 e. The van der Waals surface area contributed by atoms with Crippen LogP contribution in [0.3, 0.4) is 0 Å². The molecule has 0 spiro atoms. The predicted octanol–water partition coefficient (Wildman–Crippen LogP) is 5.81. The zero-order chi connectivity index (χ0) is 19.6. The van der Waals surface area contributed by atoms with Gasteiger partial charge in [-0.3, -0.25) is 4.79 Å². The van der Waals surface area contributed by atoms with Crippen LogP contribution in [0.15, 0.2) is 54.6 Å². The van der Waals surface area contributed by atoms with E-state index in [4.69, 9.17) is 0 Å². The van der Waals surface area contributed by atoms with Gasteiger partial charge in [0, 0.05) is 32.7 Å². The lowest BCUT2D eigenvalue weighted by atomic mass is 10.0. The summed E-state index contributed by atoms with van der Waals surface area (Å²) >= 11 is 0. The first-order valence-electron chi connectivity index (χ1n) is 10.1. The first-order chi connectivity index (χ1) is 13.0. The fraction of sp³-hybridized carbons (Fsp3) is 0.458. The van der Waals surface area contributed by atoms with Crippen LogP contribution in [0.5, 0.6) is 0 Å². The summed E-state index contributed by atoms with van der Waals surface area (Å²) in [6, 6.07) is 18.9. The molecule has 3 heteroatoms. The Labute approximate surface area is 165 Å². The summed E-state index contributed by atoms with van der Waals surface area (Å²) in [4.78, 5) is 17.1. The van der Waals surface area contributed by atoms with Gasteiger partial charge < -0.3 is 9.80 Å². The van der Waals surface area contributed by atoms with E-state index in [2.05, 4.69) is 55.1 Å². The Balaban J connectivity index is 2.14. The molecular weight excluding hydrogens is 332 g/mol. The van der Waals surface area contributed by atoms with Gasteiger partial charge in [0.15, 0.2) is 0 Å². The van der Waals surface area contributed by atoms with Crippen molar-refractivity contribution in [1.29, 1.82) is 0 Å². The molecule has 0 saturated carbocycles. The van der Waals surface area contributed by atoms with Crippen LogP contribution in [0.2, 0.25) is 0 Å². The van der Waals surface area contributed by atoms with Gasteiger partial charge in [-0.2, -0.15) is 0 Å². The maximum absolute atomic E-state index is 13.0. The summed E-state index contributed by atoms with van der Waals surface area (Å²) in [5.74, 6) is 0.249. The first kappa shape index (κ1) is 21.0. The second-order valence-corrected chi connectivity index (χ2v) is 7.48. The Morgan fingerprint density at radius 2 is 1.59 bits per heavy atom. The summed E-state index contributed by atoms with van der Waals surface area (Å²) < 4.78 is 0. The molecule has 0 aliphatic rings. The maximum atomic E-state index is 13.0. The van der Waals surface area contributed by atoms with Crippen LogP contribution in [0, 0.1) is 0 Å². The number of hydrogen-bond acceptors (Lipinski definition) is 2. The van der Waals surface area contributed by atoms with E-state index in [0.29, 0.717) is 13.0 Å². The van der Waals surface area contributed by atoms with Gasteiger partial charge in [0.05, 0.1) is 6.04 Å². The third kappa shape index (κ3) is 6.42. The van der Waals surface area contributed by atoms with Crippen molar-refractivity contribution in [2.75, 3.05) is 19.0 Å². The average Bonchev–Trinajstić information content (AvgIpc) is 2.69. The van der Waals surface area contributed by atoms with Crippen LogP contribution in [-0.2, 0) is 11.3 Å². The van der Waals surface area contributed by atoms with Gasteiger partial charge in [0.1, 0.15) is 0 Å². The SMILES string of the molecule is CCCCCCC(=O)N(Cc1ccc(N(C)C)cc1)[C@@H](C)c1ccccc1. The molecule has 27 heavy (non-hydrogen) atoms. The van der Waals surface area contributed by atoms with Gasteiger partial charge in [-0.05, 0) is 36.6 Å². The quantitative estimate of drug-likeness (QED) is 0.495. The van der Waals surface area contributed by atoms with Crippen LogP contribution >= 0.6 is 0 Å². The molecule has 0 bridgehead atoms. The molecule has 0 aliphatic heterocycles. The zero-order valence-corrected chi connectivity index (χ0v) is 17.3. The molecule has 1 amide bonds. The zero-order valence-electron chi connectivity index (χ0n) is 17.3. The fourth-order valence-electron chi connectivity index (χ4n) is 3.30. The Morgan fingerprint density at radius 3 is 2.19 bits per heavy atom. The lowest BCUT2D eigenvalue weighted by Crippen LogP contribution is -2.33. The van der Waals surface area contributed by atoms with Crippen LogP contribution in [0.4, 0.5) is 5.69 Å². The number of unbranched alkanes of at least 4 members (excludes halogenated alkanes) is 3. The Kier molecular flexibility index (Phi) is 8.38. The number of rotatable bonds is 10. The number of hydrogen-bond donors (Lipinski definition) is 0. The molecule has 0 aromatic heterocycles. The Bertz CT molecular complexity index is 679. The third-order valence-corrected chi connectivity index (χ3v) is 5.12. The van der Waals surface area contributed by atoms with Gasteiger partial charge in [-0.15, -0.1) is 0 Å². The topological polar surface area (TPSA) is 23.6 Å². The van der Waals surface area contributed by atoms with E-state index in [1.165, 1.54) is 29.7 Å². The molecule has 0 heterocycles. The summed E-state index contributed by atoms with van der Waals surface area (Å²) in [5, 5.41) is 0. The number of nitrogens with zero attached hydrogens (tertiary/aromatic N) is 2. The summed E-state index contributed by atoms with van der Waals surface area (Å²) in [5.41, 5.74) is 3.53. The molecule has 0 radical (unpaired) electrons. The first-order valence-corrected chi connectivity index (χ1v) is 10.1. The largest absolute Gasteiger partial charge is 0.378 e. The van der Waals surface area contributed by atoms with E-state index >= 15 is 0 Å². The highest BCUT2D eigenvalue weighted by atomic mass is 16.2. The number of benzene rings is 2. The van der Waals surface area contributed by atoms with E-state index in [0.717, 1.165) is 12.8 Å². The Hall–Kier alpha value is -2.29. The molecule has 0 aliphatic carbocycles. The van der Waals surface area contributed by atoms with Gasteiger partial charge in [0.25, 0.3) is 0 Å². The van der Waals surface area contributed by atoms with Crippen molar-refractivity contribution in [2.45, 2.75) is 58.5 Å². The molecule has 2 aromatic rings. The number of carbonyl (C=O) groups excluding carboxylic acids is 1. The third-order valence-electron chi connectivity index (χ3n) is 5.12. The van der Waals surface area contributed by atoms with E-state index in [1.54, 1.807) is 0 Å². The predicted molar refractivity (Wildman–Crippen MR) is 115 cm³/mol. The molecule has 1 atom stereocenters. The minimum absolute atomic E-state index is 0.0680. The normalized spacial score (nSPS) is 11.9. The van der Waals surface area contributed by atoms with Crippen LogP contribution in [-0.4, -0.2) is 24.9 Å². The fourth-order valence-corrected chi connectivity index (χ4v) is 3.30. The molecule has 0 saturated heterocycles. The minimum Gasteiger partial charge on any atom is -0.378 e. The van der Waals surface area contributed by atoms with E-state index in [9.17, 15) is 4.79 Å². The molecular formula is C24H34N2O. The van der Waals surface area contributed by atoms with E-state index in [-0.39, 0.29) is 11.9 Å². The van der Waals surface area contributed by atoms with Gasteiger partial charge >= 0.3 is 0 Å². The standard InChI is InChI=1S/C24H34N2O/c1-5-6-7-11-14-24(27)26(20(2)22-12-9-8-10-13-22)19-21-15-17-23(18-16-21)25(3)4/h8-10,12-13,15-18,20H,5-7,11,14,19H2,1-4H3/t20-/m0/s1. The molecule has 0 N–H and O–H groups in total. The molecule has 0 fully saturated rings. The second kappa shape index (κ2) is 10.8. The minimum atomic E-state index is 0.0680. The van der Waals surface area contributed by atoms with Crippen molar-refractivity contribution in [3.05, 3.63) is 65.7 Å². The summed E-state index contributed by atoms with van der Waals surface area (Å²) in [7, 11) is 4.08. The Morgan fingerprint density at radius 1 is 0.926 bits per heavy atom. The van der Waals surface area contributed by atoms with Crippen LogP contribution < -0.4 is 4.90 Å².